The van der Waals surface area contributed by atoms with Gasteiger partial charge in [-0.3, -0.25) is 4.72 Å². The smallest absolute Gasteiger partial charge is 0.229 e. The standard InChI is InChI=1S/C13H20N2O2S/c1-15-9-3-4-12(10-15)11-5-7-13(8-6-11)14-18(2,16)17/h5-8,12,14H,3-4,9-10H2,1-2H3. The zero-order chi connectivity index (χ0) is 13.2. The van der Waals surface area contributed by atoms with Crippen molar-refractivity contribution in [1.29, 1.82) is 0 Å². The first-order chi connectivity index (χ1) is 8.44. The summed E-state index contributed by atoms with van der Waals surface area (Å²) >= 11 is 0. The van der Waals surface area contributed by atoms with Gasteiger partial charge in [0.25, 0.3) is 0 Å². The minimum absolute atomic E-state index is 0.566. The van der Waals surface area contributed by atoms with Crippen LogP contribution in [0.5, 0.6) is 0 Å². The first-order valence-corrected chi connectivity index (χ1v) is 8.09. The Labute approximate surface area is 109 Å². The van der Waals surface area contributed by atoms with E-state index in [1.165, 1.54) is 24.9 Å². The number of piperidine rings is 1. The third-order valence-electron chi connectivity index (χ3n) is 3.31. The molecule has 1 aliphatic rings. The second-order valence-corrected chi connectivity index (χ2v) is 6.85. The van der Waals surface area contributed by atoms with Crippen LogP contribution in [-0.4, -0.2) is 39.7 Å². The molecule has 0 radical (unpaired) electrons. The number of sulfonamides is 1. The van der Waals surface area contributed by atoms with Crippen LogP contribution in [0, 0.1) is 0 Å². The predicted molar refractivity (Wildman–Crippen MR) is 74.4 cm³/mol. The molecule has 1 aliphatic heterocycles. The molecule has 5 heteroatoms. The Hall–Kier alpha value is -1.07. The highest BCUT2D eigenvalue weighted by molar-refractivity contribution is 7.92. The molecule has 1 saturated heterocycles. The Morgan fingerprint density at radius 3 is 2.50 bits per heavy atom. The molecule has 1 N–H and O–H groups in total. The second kappa shape index (κ2) is 5.28. The third kappa shape index (κ3) is 3.71. The zero-order valence-electron chi connectivity index (χ0n) is 10.9. The molecule has 1 unspecified atom stereocenters. The minimum atomic E-state index is -3.18. The molecule has 100 valence electrons. The van der Waals surface area contributed by atoms with Gasteiger partial charge in [0.05, 0.1) is 6.26 Å². The lowest BCUT2D eigenvalue weighted by atomic mass is 9.91. The second-order valence-electron chi connectivity index (χ2n) is 5.10. The van der Waals surface area contributed by atoms with E-state index >= 15 is 0 Å². The molecule has 0 aromatic heterocycles. The van der Waals surface area contributed by atoms with Crippen molar-refractivity contribution in [3.05, 3.63) is 29.8 Å². The van der Waals surface area contributed by atoms with Gasteiger partial charge < -0.3 is 4.90 Å². The number of likely N-dealkylation sites (tertiary alicyclic amines) is 1. The van der Waals surface area contributed by atoms with Gasteiger partial charge in [-0.1, -0.05) is 12.1 Å². The number of nitrogens with zero attached hydrogens (tertiary/aromatic N) is 1. The molecule has 1 aromatic carbocycles. The van der Waals surface area contributed by atoms with Gasteiger partial charge in [-0.15, -0.1) is 0 Å². The quantitative estimate of drug-likeness (QED) is 0.910. The van der Waals surface area contributed by atoms with E-state index in [1.54, 1.807) is 0 Å². The lowest BCUT2D eigenvalue weighted by Crippen LogP contribution is -2.30. The highest BCUT2D eigenvalue weighted by atomic mass is 32.2. The van der Waals surface area contributed by atoms with E-state index in [9.17, 15) is 8.42 Å². The van der Waals surface area contributed by atoms with Crippen molar-refractivity contribution in [2.24, 2.45) is 0 Å². The molecule has 1 fully saturated rings. The van der Waals surface area contributed by atoms with Crippen LogP contribution in [0.15, 0.2) is 24.3 Å². The van der Waals surface area contributed by atoms with Crippen molar-refractivity contribution in [1.82, 2.24) is 4.90 Å². The molecule has 18 heavy (non-hydrogen) atoms. The van der Waals surface area contributed by atoms with Gasteiger partial charge in [-0.2, -0.15) is 0 Å². The molecule has 0 spiro atoms. The van der Waals surface area contributed by atoms with E-state index < -0.39 is 10.0 Å². The van der Waals surface area contributed by atoms with Gasteiger partial charge in [0.15, 0.2) is 0 Å². The van der Waals surface area contributed by atoms with E-state index in [0.29, 0.717) is 11.6 Å². The highest BCUT2D eigenvalue weighted by Crippen LogP contribution is 2.27. The predicted octanol–water partition coefficient (Wildman–Crippen LogP) is 1.87. The average Bonchev–Trinajstić information content (AvgIpc) is 2.28. The van der Waals surface area contributed by atoms with Crippen molar-refractivity contribution in [3.8, 4) is 0 Å². The Morgan fingerprint density at radius 2 is 1.94 bits per heavy atom. The fourth-order valence-electron chi connectivity index (χ4n) is 2.48. The summed E-state index contributed by atoms with van der Waals surface area (Å²) in [6.07, 6.45) is 3.60. The lowest BCUT2D eigenvalue weighted by molar-refractivity contribution is 0.251. The molecule has 0 amide bonds. The molecule has 1 heterocycles. The third-order valence-corrected chi connectivity index (χ3v) is 3.92. The van der Waals surface area contributed by atoms with Crippen molar-refractivity contribution in [3.63, 3.8) is 0 Å². The summed E-state index contributed by atoms with van der Waals surface area (Å²) in [5.41, 5.74) is 1.92. The maximum absolute atomic E-state index is 11.1. The SMILES string of the molecule is CN1CCCC(c2ccc(NS(C)(=O)=O)cc2)C1. The molecule has 0 saturated carbocycles. The number of benzene rings is 1. The lowest BCUT2D eigenvalue weighted by Gasteiger charge is -2.30. The molecular weight excluding hydrogens is 248 g/mol. The maximum atomic E-state index is 11.1. The number of hydrogen-bond acceptors (Lipinski definition) is 3. The fraction of sp³-hybridized carbons (Fsp3) is 0.538. The van der Waals surface area contributed by atoms with E-state index in [-0.39, 0.29) is 0 Å². The summed E-state index contributed by atoms with van der Waals surface area (Å²) in [7, 11) is -1.04. The molecule has 0 aliphatic carbocycles. The number of hydrogen-bond donors (Lipinski definition) is 1. The van der Waals surface area contributed by atoms with E-state index in [4.69, 9.17) is 0 Å². The zero-order valence-corrected chi connectivity index (χ0v) is 11.7. The van der Waals surface area contributed by atoms with Crippen LogP contribution in [0.4, 0.5) is 5.69 Å². The van der Waals surface area contributed by atoms with Gasteiger partial charge in [-0.25, -0.2) is 8.42 Å². The molecule has 2 rings (SSSR count). The van der Waals surface area contributed by atoms with E-state index in [2.05, 4.69) is 16.7 Å². The van der Waals surface area contributed by atoms with Crippen molar-refractivity contribution >= 4 is 15.7 Å². The van der Waals surface area contributed by atoms with Crippen LogP contribution >= 0.6 is 0 Å². The van der Waals surface area contributed by atoms with Gasteiger partial charge in [0.1, 0.15) is 0 Å². The van der Waals surface area contributed by atoms with Gasteiger partial charge in [-0.05, 0) is 50.0 Å². The van der Waals surface area contributed by atoms with Crippen molar-refractivity contribution in [2.45, 2.75) is 18.8 Å². The van der Waals surface area contributed by atoms with Crippen molar-refractivity contribution < 1.29 is 8.42 Å². The highest BCUT2D eigenvalue weighted by Gasteiger charge is 2.18. The van der Waals surface area contributed by atoms with Crippen molar-refractivity contribution in [2.75, 3.05) is 31.1 Å². The van der Waals surface area contributed by atoms with Crippen LogP contribution < -0.4 is 4.72 Å². The van der Waals surface area contributed by atoms with Gasteiger partial charge >= 0.3 is 0 Å². The summed E-state index contributed by atoms with van der Waals surface area (Å²) in [5.74, 6) is 0.566. The number of likely N-dealkylation sites (N-methyl/N-ethyl adjacent to an activating group) is 1. The summed E-state index contributed by atoms with van der Waals surface area (Å²) in [6.45, 7) is 2.25. The monoisotopic (exact) mass is 268 g/mol. The van der Waals surface area contributed by atoms with Crippen LogP contribution in [0.1, 0.15) is 24.3 Å². The van der Waals surface area contributed by atoms with Crippen LogP contribution in [0.2, 0.25) is 0 Å². The molecule has 1 atom stereocenters. The topological polar surface area (TPSA) is 49.4 Å². The summed E-state index contributed by atoms with van der Waals surface area (Å²) < 4.78 is 24.7. The Balaban J connectivity index is 2.07. The summed E-state index contributed by atoms with van der Waals surface area (Å²) in [6, 6.07) is 7.73. The van der Waals surface area contributed by atoms with E-state index in [0.717, 1.165) is 12.8 Å². The maximum Gasteiger partial charge on any atom is 0.229 e. The summed E-state index contributed by atoms with van der Waals surface area (Å²) in [4.78, 5) is 2.34. The number of anilines is 1. The van der Waals surface area contributed by atoms with Crippen LogP contribution in [0.25, 0.3) is 0 Å². The van der Waals surface area contributed by atoms with E-state index in [1.807, 2.05) is 24.3 Å². The number of rotatable bonds is 3. The normalized spacial score (nSPS) is 21.8. The Bertz CT molecular complexity index is 496. The Kier molecular flexibility index (Phi) is 3.92. The first kappa shape index (κ1) is 13.4. The summed E-state index contributed by atoms with van der Waals surface area (Å²) in [5, 5.41) is 0. The first-order valence-electron chi connectivity index (χ1n) is 6.20. The molecular formula is C13H20N2O2S. The van der Waals surface area contributed by atoms with Gasteiger partial charge in [0, 0.05) is 12.2 Å². The molecule has 1 aromatic rings. The fourth-order valence-corrected chi connectivity index (χ4v) is 3.04. The molecule has 4 nitrogen and oxygen atoms in total. The van der Waals surface area contributed by atoms with Crippen LogP contribution in [0.3, 0.4) is 0 Å². The van der Waals surface area contributed by atoms with Crippen LogP contribution in [-0.2, 0) is 10.0 Å². The number of nitrogens with one attached hydrogen (secondary N) is 1. The largest absolute Gasteiger partial charge is 0.306 e. The van der Waals surface area contributed by atoms with Gasteiger partial charge in [0.2, 0.25) is 10.0 Å². The molecule has 0 bridgehead atoms. The average molecular weight is 268 g/mol. The minimum Gasteiger partial charge on any atom is -0.306 e. The Morgan fingerprint density at radius 1 is 1.28 bits per heavy atom.